The summed E-state index contributed by atoms with van der Waals surface area (Å²) in [7, 11) is 0. The van der Waals surface area contributed by atoms with Gasteiger partial charge in [-0.15, -0.1) is 0 Å². The molecule has 0 saturated carbocycles. The number of nitrogens with one attached hydrogen (secondary N) is 1. The third-order valence-corrected chi connectivity index (χ3v) is 0.991. The van der Waals surface area contributed by atoms with Gasteiger partial charge in [0.15, 0.2) is 0 Å². The Hall–Kier alpha value is -1.27. The summed E-state index contributed by atoms with van der Waals surface area (Å²) in [5, 5.41) is 0. The van der Waals surface area contributed by atoms with Gasteiger partial charge in [0.1, 0.15) is 5.69 Å². The molecule has 0 fully saturated rings. The molecule has 1 heterocycles. The first-order chi connectivity index (χ1) is 4.93. The molecule has 0 aromatic carbocycles. The molecule has 0 saturated heterocycles. The van der Waals surface area contributed by atoms with E-state index in [9.17, 15) is 0 Å². The summed E-state index contributed by atoms with van der Waals surface area (Å²) in [5.74, 6) is 5.77. The van der Waals surface area contributed by atoms with Crippen molar-refractivity contribution in [1.29, 1.82) is 0 Å². The fourth-order valence-corrected chi connectivity index (χ4v) is 0.554. The van der Waals surface area contributed by atoms with Gasteiger partial charge in [0.25, 0.3) is 0 Å². The van der Waals surface area contributed by atoms with Crippen molar-refractivity contribution in [3.63, 3.8) is 0 Å². The molecule has 1 rings (SSSR count). The van der Waals surface area contributed by atoms with Crippen LogP contribution in [0.15, 0.2) is 12.5 Å². The molecule has 1 aromatic rings. The first kappa shape index (κ1) is 6.84. The van der Waals surface area contributed by atoms with Crippen molar-refractivity contribution >= 4 is 0 Å². The van der Waals surface area contributed by atoms with Crippen molar-refractivity contribution in [1.82, 2.24) is 9.97 Å². The topological polar surface area (TPSA) is 54.7 Å². The number of imidazole rings is 1. The Labute approximate surface area is 59.7 Å². The normalized spacial score (nSPS) is 8.50. The minimum absolute atomic E-state index is 0.612. The SMILES string of the molecule is NCCC#Cc1cnc[nH]1. The number of hydrogen-bond acceptors (Lipinski definition) is 2. The zero-order chi connectivity index (χ0) is 7.23. The second kappa shape index (κ2) is 3.70. The van der Waals surface area contributed by atoms with Gasteiger partial charge >= 0.3 is 0 Å². The number of aromatic amines is 1. The van der Waals surface area contributed by atoms with Gasteiger partial charge in [-0.25, -0.2) is 4.98 Å². The molecule has 0 amide bonds. The van der Waals surface area contributed by atoms with Crippen LogP contribution in [0.25, 0.3) is 0 Å². The summed E-state index contributed by atoms with van der Waals surface area (Å²) in [4.78, 5) is 6.68. The van der Waals surface area contributed by atoms with E-state index in [1.54, 1.807) is 12.5 Å². The lowest BCUT2D eigenvalue weighted by atomic mass is 10.4. The molecule has 0 atom stereocenters. The van der Waals surface area contributed by atoms with E-state index in [2.05, 4.69) is 21.8 Å². The third kappa shape index (κ3) is 1.92. The van der Waals surface area contributed by atoms with Crippen molar-refractivity contribution in [3.05, 3.63) is 18.2 Å². The molecule has 0 aliphatic rings. The number of nitrogens with two attached hydrogens (primary N) is 1. The molecule has 3 nitrogen and oxygen atoms in total. The van der Waals surface area contributed by atoms with Crippen molar-refractivity contribution < 1.29 is 0 Å². The number of nitrogens with zero attached hydrogens (tertiary/aromatic N) is 1. The van der Waals surface area contributed by atoms with Crippen LogP contribution >= 0.6 is 0 Å². The Morgan fingerprint density at radius 1 is 1.70 bits per heavy atom. The second-order valence-corrected chi connectivity index (χ2v) is 1.81. The highest BCUT2D eigenvalue weighted by atomic mass is 14.8. The fraction of sp³-hybridized carbons (Fsp3) is 0.286. The van der Waals surface area contributed by atoms with Crippen LogP contribution in [0.4, 0.5) is 0 Å². The van der Waals surface area contributed by atoms with E-state index in [0.29, 0.717) is 6.54 Å². The average molecular weight is 135 g/mol. The summed E-state index contributed by atoms with van der Waals surface area (Å²) in [6.07, 6.45) is 4.02. The summed E-state index contributed by atoms with van der Waals surface area (Å²) < 4.78 is 0. The summed E-state index contributed by atoms with van der Waals surface area (Å²) in [5.41, 5.74) is 6.08. The molecular weight excluding hydrogens is 126 g/mol. The fourth-order valence-electron chi connectivity index (χ4n) is 0.554. The molecule has 1 aromatic heterocycles. The van der Waals surface area contributed by atoms with Crippen LogP contribution in [0.1, 0.15) is 12.1 Å². The average Bonchev–Trinajstić information content (AvgIpc) is 2.41. The van der Waals surface area contributed by atoms with Gasteiger partial charge in [-0.3, -0.25) is 0 Å². The summed E-state index contributed by atoms with van der Waals surface area (Å²) in [6.45, 7) is 0.612. The van der Waals surface area contributed by atoms with E-state index in [4.69, 9.17) is 5.73 Å². The van der Waals surface area contributed by atoms with E-state index in [1.165, 1.54) is 0 Å². The van der Waals surface area contributed by atoms with Crippen molar-refractivity contribution in [2.75, 3.05) is 6.54 Å². The molecule has 0 aliphatic carbocycles. The van der Waals surface area contributed by atoms with Crippen LogP contribution < -0.4 is 5.73 Å². The number of aromatic nitrogens is 2. The molecule has 10 heavy (non-hydrogen) atoms. The Morgan fingerprint density at radius 2 is 2.60 bits per heavy atom. The minimum Gasteiger partial charge on any atom is -0.338 e. The van der Waals surface area contributed by atoms with Crippen molar-refractivity contribution in [2.24, 2.45) is 5.73 Å². The molecular formula is C7H9N3. The Balaban J connectivity index is 2.49. The zero-order valence-electron chi connectivity index (χ0n) is 5.59. The van der Waals surface area contributed by atoms with Crippen molar-refractivity contribution in [3.8, 4) is 11.8 Å². The highest BCUT2D eigenvalue weighted by molar-refractivity contribution is 5.24. The Kier molecular flexibility index (Phi) is 2.53. The lowest BCUT2D eigenvalue weighted by Gasteiger charge is -1.78. The molecule has 52 valence electrons. The number of hydrogen-bond donors (Lipinski definition) is 2. The molecule has 3 heteroatoms. The Bertz CT molecular complexity index is 227. The van der Waals surface area contributed by atoms with Crippen LogP contribution in [0.2, 0.25) is 0 Å². The molecule has 0 aliphatic heterocycles. The summed E-state index contributed by atoms with van der Waals surface area (Å²) >= 11 is 0. The van der Waals surface area contributed by atoms with E-state index < -0.39 is 0 Å². The van der Waals surface area contributed by atoms with Gasteiger partial charge in [0.2, 0.25) is 0 Å². The predicted molar refractivity (Wildman–Crippen MR) is 39.1 cm³/mol. The quantitative estimate of drug-likeness (QED) is 0.537. The van der Waals surface area contributed by atoms with E-state index in [-0.39, 0.29) is 0 Å². The summed E-state index contributed by atoms with van der Waals surface area (Å²) in [6, 6.07) is 0. The molecule has 0 bridgehead atoms. The number of rotatable bonds is 1. The van der Waals surface area contributed by atoms with Crippen LogP contribution in [-0.4, -0.2) is 16.5 Å². The van der Waals surface area contributed by atoms with Crippen LogP contribution in [0.3, 0.4) is 0 Å². The highest BCUT2D eigenvalue weighted by Gasteiger charge is 1.81. The van der Waals surface area contributed by atoms with Crippen LogP contribution in [-0.2, 0) is 0 Å². The minimum atomic E-state index is 0.612. The van der Waals surface area contributed by atoms with Gasteiger partial charge in [-0.1, -0.05) is 5.92 Å². The monoisotopic (exact) mass is 135 g/mol. The zero-order valence-corrected chi connectivity index (χ0v) is 5.59. The molecule has 0 spiro atoms. The Morgan fingerprint density at radius 3 is 3.20 bits per heavy atom. The maximum absolute atomic E-state index is 5.24. The lowest BCUT2D eigenvalue weighted by Crippen LogP contribution is -1.95. The van der Waals surface area contributed by atoms with Gasteiger partial charge < -0.3 is 10.7 Å². The largest absolute Gasteiger partial charge is 0.338 e. The van der Waals surface area contributed by atoms with E-state index >= 15 is 0 Å². The first-order valence-corrected chi connectivity index (χ1v) is 3.11. The number of H-pyrrole nitrogens is 1. The lowest BCUT2D eigenvalue weighted by molar-refractivity contribution is 1.03. The molecule has 0 radical (unpaired) electrons. The first-order valence-electron chi connectivity index (χ1n) is 3.11. The van der Waals surface area contributed by atoms with Gasteiger partial charge in [0, 0.05) is 13.0 Å². The molecule has 0 unspecified atom stereocenters. The van der Waals surface area contributed by atoms with Crippen molar-refractivity contribution in [2.45, 2.75) is 6.42 Å². The van der Waals surface area contributed by atoms with Gasteiger partial charge in [0.05, 0.1) is 12.5 Å². The second-order valence-electron chi connectivity index (χ2n) is 1.81. The van der Waals surface area contributed by atoms with E-state index in [1.807, 2.05) is 0 Å². The van der Waals surface area contributed by atoms with Crippen LogP contribution in [0.5, 0.6) is 0 Å². The standard InChI is InChI=1S/C7H9N3/c8-4-2-1-3-7-5-9-6-10-7/h5-6H,2,4,8H2,(H,9,10). The maximum Gasteiger partial charge on any atom is 0.109 e. The van der Waals surface area contributed by atoms with Gasteiger partial charge in [-0.05, 0) is 5.92 Å². The predicted octanol–water partition coefficient (Wildman–Crippen LogP) is 0.110. The van der Waals surface area contributed by atoms with Gasteiger partial charge in [-0.2, -0.15) is 0 Å². The smallest absolute Gasteiger partial charge is 0.109 e. The third-order valence-electron chi connectivity index (χ3n) is 0.991. The highest BCUT2D eigenvalue weighted by Crippen LogP contribution is 1.85. The van der Waals surface area contributed by atoms with Crippen LogP contribution in [0, 0.1) is 11.8 Å². The molecule has 3 N–H and O–H groups in total. The van der Waals surface area contributed by atoms with E-state index in [0.717, 1.165) is 12.1 Å². The maximum atomic E-state index is 5.24.